The minimum absolute atomic E-state index is 0.0535. The Balaban J connectivity index is 1.35. The Morgan fingerprint density at radius 2 is 1.77 bits per heavy atom. The van der Waals surface area contributed by atoms with Gasteiger partial charge in [-0.15, -0.1) is 10.2 Å². The molecule has 0 spiro atoms. The van der Waals surface area contributed by atoms with Crippen LogP contribution in [0.4, 0.5) is 23.8 Å². The Labute approximate surface area is 178 Å². The lowest BCUT2D eigenvalue weighted by Crippen LogP contribution is -2.36. The van der Waals surface area contributed by atoms with Crippen LogP contribution in [0, 0.1) is 29.3 Å². The zero-order chi connectivity index (χ0) is 22.3. The van der Waals surface area contributed by atoms with E-state index in [0.717, 1.165) is 18.9 Å². The van der Waals surface area contributed by atoms with Gasteiger partial charge in [-0.2, -0.15) is 0 Å². The van der Waals surface area contributed by atoms with E-state index >= 15 is 0 Å². The molecule has 1 N–H and O–H groups in total. The van der Waals surface area contributed by atoms with Crippen molar-refractivity contribution in [3.05, 3.63) is 41.7 Å². The minimum atomic E-state index is -1.27. The van der Waals surface area contributed by atoms with E-state index < -0.39 is 23.1 Å². The Hall–Kier alpha value is -2.84. The predicted molar refractivity (Wildman–Crippen MR) is 109 cm³/mol. The minimum Gasteiger partial charge on any atom is -0.444 e. The molecule has 31 heavy (non-hydrogen) atoms. The van der Waals surface area contributed by atoms with Crippen molar-refractivity contribution in [2.24, 2.45) is 11.8 Å². The molecule has 2 aliphatic rings. The van der Waals surface area contributed by atoms with Crippen LogP contribution in [0.3, 0.4) is 0 Å². The lowest BCUT2D eigenvalue weighted by Gasteiger charge is -2.25. The van der Waals surface area contributed by atoms with Crippen LogP contribution in [0.25, 0.3) is 11.3 Å². The molecule has 1 aromatic carbocycles. The molecule has 1 amide bonds. The summed E-state index contributed by atoms with van der Waals surface area (Å²) in [6.07, 6.45) is 1.50. The maximum absolute atomic E-state index is 13.9. The van der Waals surface area contributed by atoms with Gasteiger partial charge in [0.05, 0.1) is 5.69 Å². The Morgan fingerprint density at radius 1 is 1.10 bits per heavy atom. The molecule has 1 saturated heterocycles. The molecule has 6 nitrogen and oxygen atoms in total. The van der Waals surface area contributed by atoms with Crippen LogP contribution < -0.4 is 5.32 Å². The summed E-state index contributed by atoms with van der Waals surface area (Å²) in [4.78, 5) is 14.1. The van der Waals surface area contributed by atoms with E-state index in [1.54, 1.807) is 11.0 Å². The third-order valence-electron chi connectivity index (χ3n) is 5.69. The van der Waals surface area contributed by atoms with Gasteiger partial charge in [0.25, 0.3) is 0 Å². The molecule has 1 aliphatic carbocycles. The molecule has 0 radical (unpaired) electrons. The number of nitrogens with zero attached hydrogens (tertiary/aromatic N) is 3. The van der Waals surface area contributed by atoms with Crippen molar-refractivity contribution < 1.29 is 22.7 Å². The first-order chi connectivity index (χ1) is 14.6. The lowest BCUT2D eigenvalue weighted by molar-refractivity contribution is 0.0280. The maximum atomic E-state index is 13.9. The number of ether oxygens (including phenoxy) is 1. The molecule has 1 saturated carbocycles. The summed E-state index contributed by atoms with van der Waals surface area (Å²) >= 11 is 0. The first-order valence-corrected chi connectivity index (χ1v) is 10.3. The second-order valence-corrected chi connectivity index (χ2v) is 9.27. The van der Waals surface area contributed by atoms with E-state index in [1.165, 1.54) is 6.07 Å². The number of benzene rings is 1. The standard InChI is InChI=1S/C22H25F3N4O2/c1-22(2,3)31-21(30)29-10-12-6-15(7-13(12)11-29)26-19-5-4-18(27-28-19)16-8-14(23)9-17(24)20(16)25/h4-5,8-9,12-13,15H,6-7,10-11H2,1-3H3,(H,26,28)/t12-,13+,15-. The normalized spacial score (nSPS) is 23.0. The molecule has 2 fully saturated rings. The summed E-state index contributed by atoms with van der Waals surface area (Å²) in [5, 5.41) is 11.3. The van der Waals surface area contributed by atoms with Crippen molar-refractivity contribution in [1.29, 1.82) is 0 Å². The van der Waals surface area contributed by atoms with Gasteiger partial charge in [-0.05, 0) is 63.6 Å². The van der Waals surface area contributed by atoms with E-state index in [-0.39, 0.29) is 23.4 Å². The van der Waals surface area contributed by atoms with Crippen LogP contribution in [-0.2, 0) is 4.74 Å². The van der Waals surface area contributed by atoms with E-state index in [1.807, 2.05) is 20.8 Å². The van der Waals surface area contributed by atoms with Crippen molar-refractivity contribution in [1.82, 2.24) is 15.1 Å². The molecular formula is C22H25F3N4O2. The summed E-state index contributed by atoms with van der Waals surface area (Å²) in [7, 11) is 0. The quantitative estimate of drug-likeness (QED) is 0.714. The number of hydrogen-bond donors (Lipinski definition) is 1. The van der Waals surface area contributed by atoms with Crippen molar-refractivity contribution in [2.75, 3.05) is 18.4 Å². The van der Waals surface area contributed by atoms with Crippen LogP contribution >= 0.6 is 0 Å². The summed E-state index contributed by atoms with van der Waals surface area (Å²) < 4.78 is 46.3. The largest absolute Gasteiger partial charge is 0.444 e. The molecule has 3 atom stereocenters. The molecule has 0 bridgehead atoms. The van der Waals surface area contributed by atoms with Crippen LogP contribution in [-0.4, -0.2) is 45.9 Å². The molecule has 1 aromatic heterocycles. The SMILES string of the molecule is CC(C)(C)OC(=O)N1C[C@H]2C[C@@H](Nc3ccc(-c4cc(F)cc(F)c4F)nn3)C[C@H]2C1. The number of carbonyl (C=O) groups is 1. The number of hydrogen-bond acceptors (Lipinski definition) is 5. The summed E-state index contributed by atoms with van der Waals surface area (Å²) in [6.45, 7) is 6.91. The van der Waals surface area contributed by atoms with Gasteiger partial charge in [0.2, 0.25) is 0 Å². The van der Waals surface area contributed by atoms with Crippen molar-refractivity contribution >= 4 is 11.9 Å². The highest BCUT2D eigenvalue weighted by Gasteiger charge is 2.43. The zero-order valence-corrected chi connectivity index (χ0v) is 17.7. The molecular weight excluding hydrogens is 409 g/mol. The van der Waals surface area contributed by atoms with Gasteiger partial charge in [0, 0.05) is 30.8 Å². The number of fused-ring (bicyclic) bond motifs is 1. The first-order valence-electron chi connectivity index (χ1n) is 10.3. The van der Waals surface area contributed by atoms with Gasteiger partial charge in [0.15, 0.2) is 11.6 Å². The van der Waals surface area contributed by atoms with Crippen molar-refractivity contribution in [2.45, 2.75) is 45.3 Å². The fraction of sp³-hybridized carbons (Fsp3) is 0.500. The molecule has 1 aliphatic heterocycles. The third-order valence-corrected chi connectivity index (χ3v) is 5.69. The average Bonchev–Trinajstić information content (AvgIpc) is 3.23. The number of rotatable bonds is 3. The van der Waals surface area contributed by atoms with Gasteiger partial charge in [-0.25, -0.2) is 18.0 Å². The van der Waals surface area contributed by atoms with E-state index in [4.69, 9.17) is 4.74 Å². The van der Waals surface area contributed by atoms with Crippen molar-refractivity contribution in [3.8, 4) is 11.3 Å². The second kappa shape index (κ2) is 8.01. The number of amides is 1. The molecule has 2 aromatic rings. The number of likely N-dealkylation sites (tertiary alicyclic amines) is 1. The van der Waals surface area contributed by atoms with Gasteiger partial charge in [0.1, 0.15) is 17.2 Å². The molecule has 166 valence electrons. The summed E-state index contributed by atoms with van der Waals surface area (Å²) in [6, 6.07) is 4.66. The van der Waals surface area contributed by atoms with Gasteiger partial charge in [-0.3, -0.25) is 0 Å². The number of carbonyl (C=O) groups excluding carboxylic acids is 1. The Bertz CT molecular complexity index is 964. The van der Waals surface area contributed by atoms with Crippen LogP contribution in [0.2, 0.25) is 0 Å². The first kappa shape index (κ1) is 21.4. The number of halogens is 3. The fourth-order valence-corrected chi connectivity index (χ4v) is 4.40. The molecule has 4 rings (SSSR count). The van der Waals surface area contributed by atoms with Crippen LogP contribution in [0.1, 0.15) is 33.6 Å². The Kier molecular flexibility index (Phi) is 5.53. The number of anilines is 1. The highest BCUT2D eigenvalue weighted by molar-refractivity contribution is 5.68. The highest BCUT2D eigenvalue weighted by atomic mass is 19.2. The van der Waals surface area contributed by atoms with E-state index in [2.05, 4.69) is 15.5 Å². The summed E-state index contributed by atoms with van der Waals surface area (Å²) in [5.41, 5.74) is -0.726. The zero-order valence-electron chi connectivity index (χ0n) is 17.7. The van der Waals surface area contributed by atoms with Crippen LogP contribution in [0.5, 0.6) is 0 Å². The van der Waals surface area contributed by atoms with Crippen LogP contribution in [0.15, 0.2) is 24.3 Å². The molecule has 9 heteroatoms. The number of nitrogens with one attached hydrogen (secondary N) is 1. The molecule has 2 heterocycles. The topological polar surface area (TPSA) is 67.3 Å². The van der Waals surface area contributed by atoms with Crippen molar-refractivity contribution in [3.63, 3.8) is 0 Å². The monoisotopic (exact) mass is 434 g/mol. The maximum Gasteiger partial charge on any atom is 0.410 e. The second-order valence-electron chi connectivity index (χ2n) is 9.27. The number of aromatic nitrogens is 2. The highest BCUT2D eigenvalue weighted by Crippen LogP contribution is 2.39. The smallest absolute Gasteiger partial charge is 0.410 e. The average molecular weight is 434 g/mol. The predicted octanol–water partition coefficient (Wildman–Crippen LogP) is 4.62. The van der Waals surface area contributed by atoms with Gasteiger partial charge >= 0.3 is 6.09 Å². The summed E-state index contributed by atoms with van der Waals surface area (Å²) in [5.74, 6) is -2.01. The molecule has 0 unspecified atom stereocenters. The van der Waals surface area contributed by atoms with Gasteiger partial charge in [-0.1, -0.05) is 0 Å². The van der Waals surface area contributed by atoms with Gasteiger partial charge < -0.3 is 15.0 Å². The fourth-order valence-electron chi connectivity index (χ4n) is 4.40. The van der Waals surface area contributed by atoms with E-state index in [0.29, 0.717) is 36.8 Å². The third kappa shape index (κ3) is 4.75. The lowest BCUT2D eigenvalue weighted by atomic mass is 10.0. The Morgan fingerprint density at radius 3 is 2.35 bits per heavy atom. The van der Waals surface area contributed by atoms with E-state index in [9.17, 15) is 18.0 Å².